The average Bonchev–Trinajstić information content (AvgIpc) is 2.37. The fourth-order valence-electron chi connectivity index (χ4n) is 1.87. The van der Waals surface area contributed by atoms with E-state index < -0.39 is 20.6 Å². The lowest BCUT2D eigenvalue weighted by Crippen LogP contribution is -2.15. The van der Waals surface area contributed by atoms with Gasteiger partial charge in [-0.2, -0.15) is 0 Å². The summed E-state index contributed by atoms with van der Waals surface area (Å²) in [6.45, 7) is 0. The second-order valence-corrected chi connectivity index (χ2v) is 5.61. The molecular weight excluding hydrogens is 282 g/mol. The molecule has 4 N–H and O–H groups in total. The Bertz CT molecular complexity index is 773. The zero-order chi connectivity index (χ0) is 14.9. The van der Waals surface area contributed by atoms with E-state index >= 15 is 0 Å². The SMILES string of the molecule is Nc1cc([N+](=O)[O-])cc(S(N)(=O)=O)c1-c1ccccc1. The summed E-state index contributed by atoms with van der Waals surface area (Å²) in [6, 6.07) is 10.5. The number of non-ortho nitro benzene ring substituents is 1. The van der Waals surface area contributed by atoms with Gasteiger partial charge in [-0.15, -0.1) is 0 Å². The lowest BCUT2D eigenvalue weighted by molar-refractivity contribution is -0.385. The first kappa shape index (κ1) is 14.0. The minimum Gasteiger partial charge on any atom is -0.398 e. The van der Waals surface area contributed by atoms with Gasteiger partial charge in [0, 0.05) is 23.4 Å². The number of sulfonamides is 1. The first-order valence-electron chi connectivity index (χ1n) is 5.47. The highest BCUT2D eigenvalue weighted by Gasteiger charge is 2.22. The average molecular weight is 293 g/mol. The van der Waals surface area contributed by atoms with Gasteiger partial charge in [0.15, 0.2) is 0 Å². The Hall–Kier alpha value is -2.45. The molecular formula is C12H11N3O4S. The fraction of sp³-hybridized carbons (Fsp3) is 0. The number of anilines is 1. The Morgan fingerprint density at radius 3 is 2.20 bits per heavy atom. The van der Waals surface area contributed by atoms with Crippen LogP contribution in [0.1, 0.15) is 0 Å². The standard InChI is InChI=1S/C12H11N3O4S/c13-10-6-9(15(16)17)7-11(20(14,18)19)12(10)8-4-2-1-3-5-8/h1-7H,13H2,(H2,14,18,19). The van der Waals surface area contributed by atoms with Gasteiger partial charge < -0.3 is 5.73 Å². The molecule has 0 saturated heterocycles. The highest BCUT2D eigenvalue weighted by molar-refractivity contribution is 7.89. The number of hydrogen-bond donors (Lipinski definition) is 2. The van der Waals surface area contributed by atoms with E-state index in [1.165, 1.54) is 0 Å². The van der Waals surface area contributed by atoms with Crippen LogP contribution in [0.4, 0.5) is 11.4 Å². The zero-order valence-electron chi connectivity index (χ0n) is 10.2. The van der Waals surface area contributed by atoms with Gasteiger partial charge in [0.05, 0.1) is 9.82 Å². The van der Waals surface area contributed by atoms with E-state index in [-0.39, 0.29) is 16.1 Å². The molecule has 20 heavy (non-hydrogen) atoms. The van der Waals surface area contributed by atoms with Crippen LogP contribution in [0.5, 0.6) is 0 Å². The lowest BCUT2D eigenvalue weighted by atomic mass is 10.0. The third-order valence-electron chi connectivity index (χ3n) is 2.70. The summed E-state index contributed by atoms with van der Waals surface area (Å²) in [5.74, 6) is 0. The summed E-state index contributed by atoms with van der Waals surface area (Å²) in [5, 5.41) is 15.9. The summed E-state index contributed by atoms with van der Waals surface area (Å²) in [7, 11) is -4.14. The van der Waals surface area contributed by atoms with Crippen LogP contribution in [0.3, 0.4) is 0 Å². The van der Waals surface area contributed by atoms with Gasteiger partial charge in [0.1, 0.15) is 0 Å². The molecule has 0 aliphatic rings. The van der Waals surface area contributed by atoms with Crippen molar-refractivity contribution in [2.24, 2.45) is 5.14 Å². The number of nitrogen functional groups attached to an aromatic ring is 1. The van der Waals surface area contributed by atoms with E-state index in [0.717, 1.165) is 12.1 Å². The Labute approximate surface area is 115 Å². The molecule has 2 rings (SSSR count). The van der Waals surface area contributed by atoms with E-state index in [0.29, 0.717) is 5.56 Å². The molecule has 0 atom stereocenters. The van der Waals surface area contributed by atoms with Crippen molar-refractivity contribution >= 4 is 21.4 Å². The van der Waals surface area contributed by atoms with Crippen molar-refractivity contribution in [3.63, 3.8) is 0 Å². The van der Waals surface area contributed by atoms with Crippen molar-refractivity contribution < 1.29 is 13.3 Å². The lowest BCUT2D eigenvalue weighted by Gasteiger charge is -2.11. The molecule has 2 aromatic rings. The van der Waals surface area contributed by atoms with Crippen LogP contribution in [0.15, 0.2) is 47.4 Å². The molecule has 104 valence electrons. The quantitative estimate of drug-likeness (QED) is 0.503. The molecule has 7 nitrogen and oxygen atoms in total. The van der Waals surface area contributed by atoms with E-state index in [4.69, 9.17) is 10.9 Å². The summed E-state index contributed by atoms with van der Waals surface area (Å²) >= 11 is 0. The van der Waals surface area contributed by atoms with Gasteiger partial charge in [-0.25, -0.2) is 13.6 Å². The van der Waals surface area contributed by atoms with Crippen molar-refractivity contribution in [1.82, 2.24) is 0 Å². The van der Waals surface area contributed by atoms with E-state index in [2.05, 4.69) is 0 Å². The predicted molar refractivity (Wildman–Crippen MR) is 74.3 cm³/mol. The first-order chi connectivity index (χ1) is 9.30. The number of nitro benzene ring substituents is 1. The summed E-state index contributed by atoms with van der Waals surface area (Å²) in [4.78, 5) is 9.71. The van der Waals surface area contributed by atoms with Crippen LogP contribution in [-0.4, -0.2) is 13.3 Å². The van der Waals surface area contributed by atoms with Crippen LogP contribution in [-0.2, 0) is 10.0 Å². The topological polar surface area (TPSA) is 129 Å². The van der Waals surface area contributed by atoms with Crippen molar-refractivity contribution in [3.8, 4) is 11.1 Å². The molecule has 0 spiro atoms. The van der Waals surface area contributed by atoms with Crippen LogP contribution in [0.25, 0.3) is 11.1 Å². The monoisotopic (exact) mass is 293 g/mol. The number of hydrogen-bond acceptors (Lipinski definition) is 5. The number of benzene rings is 2. The normalized spacial score (nSPS) is 11.2. The van der Waals surface area contributed by atoms with Gasteiger partial charge in [0.25, 0.3) is 5.69 Å². The minimum atomic E-state index is -4.14. The maximum absolute atomic E-state index is 11.7. The molecule has 8 heteroatoms. The van der Waals surface area contributed by atoms with Crippen molar-refractivity contribution in [3.05, 3.63) is 52.6 Å². The van der Waals surface area contributed by atoms with Gasteiger partial charge in [0.2, 0.25) is 10.0 Å². The Morgan fingerprint density at radius 2 is 1.70 bits per heavy atom. The third-order valence-corrected chi connectivity index (χ3v) is 3.63. The predicted octanol–water partition coefficient (Wildman–Crippen LogP) is 1.49. The summed E-state index contributed by atoms with van der Waals surface area (Å²) in [5.41, 5.74) is 6.00. The molecule has 0 saturated carbocycles. The maximum atomic E-state index is 11.7. The van der Waals surface area contributed by atoms with E-state index in [1.807, 2.05) is 0 Å². The molecule has 0 aliphatic carbocycles. The smallest absolute Gasteiger partial charge is 0.272 e. The van der Waals surface area contributed by atoms with Gasteiger partial charge in [-0.05, 0) is 5.56 Å². The number of rotatable bonds is 3. The second-order valence-electron chi connectivity index (χ2n) is 4.08. The molecule has 0 aromatic heterocycles. The number of nitrogens with two attached hydrogens (primary N) is 2. The summed E-state index contributed by atoms with van der Waals surface area (Å²) in [6.07, 6.45) is 0. The second kappa shape index (κ2) is 4.91. The fourth-order valence-corrected chi connectivity index (χ4v) is 2.67. The molecule has 2 aromatic carbocycles. The first-order valence-corrected chi connectivity index (χ1v) is 7.01. The highest BCUT2D eigenvalue weighted by Crippen LogP contribution is 2.35. The van der Waals surface area contributed by atoms with Crippen LogP contribution in [0, 0.1) is 10.1 Å². The van der Waals surface area contributed by atoms with Gasteiger partial charge in [-0.3, -0.25) is 10.1 Å². The van der Waals surface area contributed by atoms with E-state index in [1.54, 1.807) is 30.3 Å². The van der Waals surface area contributed by atoms with Gasteiger partial charge in [-0.1, -0.05) is 30.3 Å². The van der Waals surface area contributed by atoms with Crippen molar-refractivity contribution in [2.45, 2.75) is 4.90 Å². The largest absolute Gasteiger partial charge is 0.398 e. The molecule has 0 heterocycles. The molecule has 0 unspecified atom stereocenters. The molecule has 0 amide bonds. The molecule has 0 aliphatic heterocycles. The van der Waals surface area contributed by atoms with Crippen LogP contribution < -0.4 is 10.9 Å². The van der Waals surface area contributed by atoms with E-state index in [9.17, 15) is 18.5 Å². The van der Waals surface area contributed by atoms with Crippen molar-refractivity contribution in [1.29, 1.82) is 0 Å². The number of nitro groups is 1. The molecule has 0 radical (unpaired) electrons. The van der Waals surface area contributed by atoms with Gasteiger partial charge >= 0.3 is 0 Å². The van der Waals surface area contributed by atoms with Crippen LogP contribution >= 0.6 is 0 Å². The van der Waals surface area contributed by atoms with Crippen LogP contribution in [0.2, 0.25) is 0 Å². The third kappa shape index (κ3) is 2.60. The molecule has 0 fully saturated rings. The Morgan fingerprint density at radius 1 is 1.10 bits per heavy atom. The summed E-state index contributed by atoms with van der Waals surface area (Å²) < 4.78 is 23.3. The number of nitrogens with zero attached hydrogens (tertiary/aromatic N) is 1. The maximum Gasteiger partial charge on any atom is 0.272 e. The highest BCUT2D eigenvalue weighted by atomic mass is 32.2. The number of primary sulfonamides is 1. The Balaban J connectivity index is 2.84. The van der Waals surface area contributed by atoms with Crippen molar-refractivity contribution in [2.75, 3.05) is 5.73 Å². The molecule has 0 bridgehead atoms. The zero-order valence-corrected chi connectivity index (χ0v) is 11.0. The minimum absolute atomic E-state index is 0.0191. The Kier molecular flexibility index (Phi) is 3.43.